The van der Waals surface area contributed by atoms with E-state index in [1.165, 1.54) is 18.3 Å². The first-order chi connectivity index (χ1) is 8.09. The quantitative estimate of drug-likeness (QED) is 0.247. The summed E-state index contributed by atoms with van der Waals surface area (Å²) in [5, 5.41) is 14.2. The van der Waals surface area contributed by atoms with Gasteiger partial charge in [-0.2, -0.15) is 12.0 Å². The van der Waals surface area contributed by atoms with E-state index < -0.39 is 4.92 Å². The van der Waals surface area contributed by atoms with E-state index in [0.717, 1.165) is 0 Å². The number of non-ortho nitro benzene ring substituents is 1. The number of nitrogens with two attached hydrogens (primary N) is 1. The van der Waals surface area contributed by atoms with Gasteiger partial charge in [-0.25, -0.2) is 0 Å². The van der Waals surface area contributed by atoms with Crippen molar-refractivity contribution in [2.75, 3.05) is 0 Å². The van der Waals surface area contributed by atoms with E-state index in [0.29, 0.717) is 5.56 Å². The van der Waals surface area contributed by atoms with Crippen molar-refractivity contribution in [3.63, 3.8) is 0 Å². The van der Waals surface area contributed by atoms with Crippen molar-refractivity contribution in [1.82, 2.24) is 5.43 Å². The molecule has 1 aromatic rings. The van der Waals surface area contributed by atoms with Crippen molar-refractivity contribution in [3.05, 3.63) is 46.9 Å². The van der Waals surface area contributed by atoms with Crippen LogP contribution in [0.1, 0.15) is 12.5 Å². The molecule has 0 saturated carbocycles. The molecule has 8 heteroatoms. The molecule has 1 aromatic carbocycles. The molecular formula is C10H13N4O2SW-. The van der Waals surface area contributed by atoms with E-state index in [4.69, 9.17) is 5.73 Å². The Hall–Kier alpha value is -1.33. The molecule has 0 unspecified atom stereocenters. The van der Waals surface area contributed by atoms with Gasteiger partial charge < -0.3 is 12.7 Å². The maximum absolute atomic E-state index is 10.4. The van der Waals surface area contributed by atoms with Crippen molar-refractivity contribution < 1.29 is 26.0 Å². The molecule has 98 valence electrons. The monoisotopic (exact) mass is 437 g/mol. The van der Waals surface area contributed by atoms with E-state index >= 15 is 0 Å². The molecule has 1 rings (SSSR count). The number of hydrogen-bond donors (Lipinski definition) is 2. The number of benzene rings is 1. The summed E-state index contributed by atoms with van der Waals surface area (Å²) >= 11 is 4.52. The summed E-state index contributed by atoms with van der Waals surface area (Å²) in [7, 11) is 0. The zero-order chi connectivity index (χ0) is 13.3. The fourth-order valence-corrected chi connectivity index (χ4v) is 0.942. The molecule has 0 aliphatic rings. The molecule has 0 spiro atoms. The Labute approximate surface area is 125 Å². The summed E-state index contributed by atoms with van der Waals surface area (Å²) in [5.74, 6) is 0. The van der Waals surface area contributed by atoms with Crippen LogP contribution in [0.3, 0.4) is 0 Å². The fourth-order valence-electron chi connectivity index (χ4n) is 0.889. The number of nitrogens with one attached hydrogen (secondary N) is 1. The third-order valence-corrected chi connectivity index (χ3v) is 1.56. The van der Waals surface area contributed by atoms with Crippen LogP contribution in [0.2, 0.25) is 0 Å². The largest absolute Gasteiger partial charge is 0.375 e. The fraction of sp³-hybridized carbons (Fsp3) is 0.100. The van der Waals surface area contributed by atoms with Gasteiger partial charge >= 0.3 is 0 Å². The molecule has 18 heavy (non-hydrogen) atoms. The van der Waals surface area contributed by atoms with Crippen LogP contribution < -0.4 is 11.2 Å². The first kappa shape index (κ1) is 19.0. The van der Waals surface area contributed by atoms with Gasteiger partial charge in [0.05, 0.1) is 11.1 Å². The van der Waals surface area contributed by atoms with Crippen molar-refractivity contribution in [2.45, 2.75) is 6.92 Å². The second-order valence-corrected chi connectivity index (χ2v) is 3.03. The Balaban J connectivity index is 0. The molecule has 0 saturated heterocycles. The topological polar surface area (TPSA) is 93.5 Å². The predicted molar refractivity (Wildman–Crippen MR) is 71.6 cm³/mol. The molecule has 0 aliphatic carbocycles. The maximum atomic E-state index is 10.4. The van der Waals surface area contributed by atoms with Crippen LogP contribution in [0.25, 0.3) is 0 Å². The smallest absolute Gasteiger partial charge is 0.270 e. The average Bonchev–Trinajstić information content (AvgIpc) is 2.31. The van der Waals surface area contributed by atoms with E-state index in [9.17, 15) is 10.1 Å². The van der Waals surface area contributed by atoms with Crippen LogP contribution in [-0.4, -0.2) is 16.3 Å². The van der Waals surface area contributed by atoms with Crippen LogP contribution in [0.5, 0.6) is 0 Å². The third-order valence-electron chi connectivity index (χ3n) is 1.47. The predicted octanol–water partition coefficient (Wildman–Crippen LogP) is 1.60. The number of nitro groups is 1. The van der Waals surface area contributed by atoms with Gasteiger partial charge in [-0.3, -0.25) is 15.5 Å². The summed E-state index contributed by atoms with van der Waals surface area (Å²) in [4.78, 5) is 9.97. The summed E-state index contributed by atoms with van der Waals surface area (Å²) in [6.07, 6.45) is 1.40. The van der Waals surface area contributed by atoms with E-state index in [2.05, 4.69) is 29.7 Å². The zero-order valence-corrected chi connectivity index (χ0v) is 13.4. The number of nitro benzene ring substituents is 1. The van der Waals surface area contributed by atoms with Gasteiger partial charge in [0.15, 0.2) is 5.11 Å². The first-order valence-electron chi connectivity index (χ1n) is 4.63. The summed E-state index contributed by atoms with van der Waals surface area (Å²) in [5.41, 5.74) is 8.08. The van der Waals surface area contributed by atoms with Crippen LogP contribution >= 0.6 is 12.2 Å². The molecule has 0 fully saturated rings. The molecule has 0 bridgehead atoms. The Morgan fingerprint density at radius 2 is 2.22 bits per heavy atom. The molecule has 3 N–H and O–H groups in total. The molecule has 6 nitrogen and oxygen atoms in total. The Morgan fingerprint density at radius 3 is 2.72 bits per heavy atom. The minimum Gasteiger partial charge on any atom is -0.375 e. The summed E-state index contributed by atoms with van der Waals surface area (Å²) in [6, 6.07) is 6.04. The van der Waals surface area contributed by atoms with Crippen LogP contribution in [0.4, 0.5) is 5.69 Å². The van der Waals surface area contributed by atoms with Gasteiger partial charge in [0.25, 0.3) is 5.69 Å². The van der Waals surface area contributed by atoms with E-state index in [-0.39, 0.29) is 31.9 Å². The van der Waals surface area contributed by atoms with Gasteiger partial charge in [-0.15, -0.1) is 0 Å². The second kappa shape index (κ2) is 10.8. The molecule has 0 heterocycles. The van der Waals surface area contributed by atoms with Crippen molar-refractivity contribution in [2.24, 2.45) is 10.8 Å². The summed E-state index contributed by atoms with van der Waals surface area (Å²) in [6.45, 7) is 5.00. The van der Waals surface area contributed by atoms with Gasteiger partial charge in [-0.05, 0) is 12.2 Å². The van der Waals surface area contributed by atoms with Gasteiger partial charge in [0, 0.05) is 38.8 Å². The minimum atomic E-state index is -0.474. The normalized spacial score (nSPS) is 8.78. The Morgan fingerprint density at radius 1 is 1.61 bits per heavy atom. The van der Waals surface area contributed by atoms with Crippen LogP contribution in [-0.2, 0) is 21.1 Å². The number of rotatable bonds is 3. The SMILES string of the molecule is NC(=S)N/N=C/c1cccc([N+](=O)[O-])c1.[CH2-]C.[W]. The van der Waals surface area contributed by atoms with Crippen LogP contribution in [0.15, 0.2) is 29.4 Å². The maximum Gasteiger partial charge on any atom is 0.270 e. The molecule has 0 aromatic heterocycles. The molecule has 0 atom stereocenters. The molecule has 0 aliphatic heterocycles. The standard InChI is InChI=1S/C8H8N4O2S.C2H5.W/c9-8(15)11-10-5-6-2-1-3-7(4-6)12(13)14;1-2;/h1-5H,(H3,9,11,15);1H2,2H3;/q;-1;/b10-5+;;. The van der Waals surface area contributed by atoms with Crippen molar-refractivity contribution >= 4 is 29.2 Å². The Kier molecular flexibility index (Phi) is 11.4. The second-order valence-electron chi connectivity index (χ2n) is 2.59. The Bertz CT molecular complexity index is 426. The minimum absolute atomic E-state index is 0. The van der Waals surface area contributed by atoms with Crippen molar-refractivity contribution in [1.29, 1.82) is 0 Å². The number of thiocarbonyl (C=S) groups is 1. The summed E-state index contributed by atoms with van der Waals surface area (Å²) < 4.78 is 0. The zero-order valence-electron chi connectivity index (χ0n) is 9.70. The van der Waals surface area contributed by atoms with Crippen LogP contribution in [0, 0.1) is 17.0 Å². The van der Waals surface area contributed by atoms with Gasteiger partial charge in [0.1, 0.15) is 0 Å². The van der Waals surface area contributed by atoms with Gasteiger partial charge in [-0.1, -0.05) is 12.1 Å². The third kappa shape index (κ3) is 7.86. The number of hydrazone groups is 1. The average molecular weight is 437 g/mol. The number of hydrogen-bond acceptors (Lipinski definition) is 4. The first-order valence-corrected chi connectivity index (χ1v) is 5.04. The molecule has 0 amide bonds. The van der Waals surface area contributed by atoms with Crippen molar-refractivity contribution in [3.8, 4) is 0 Å². The van der Waals surface area contributed by atoms with E-state index in [1.54, 1.807) is 19.1 Å². The van der Waals surface area contributed by atoms with E-state index in [1.807, 2.05) is 0 Å². The van der Waals surface area contributed by atoms with Gasteiger partial charge in [0.2, 0.25) is 0 Å². The molecule has 0 radical (unpaired) electrons. The number of nitrogens with zero attached hydrogens (tertiary/aromatic N) is 2. The molecular weight excluding hydrogens is 424 g/mol.